The van der Waals surface area contributed by atoms with Crippen molar-refractivity contribution in [2.45, 2.75) is 30.8 Å². The predicted octanol–water partition coefficient (Wildman–Crippen LogP) is 5.43. The van der Waals surface area contributed by atoms with Crippen LogP contribution in [0.5, 0.6) is 5.75 Å². The smallest absolute Gasteiger partial charge is 0.264 e. The number of rotatable bonds is 13. The first-order chi connectivity index (χ1) is 20.7. The van der Waals surface area contributed by atoms with Gasteiger partial charge in [0.05, 0.1) is 17.2 Å². The molecule has 0 radical (unpaired) electrons. The zero-order chi connectivity index (χ0) is 30.8. The standard InChI is InChI=1S/C33H34BrN3O5S/c1-3-42-29-19-17-28(18-20-29)37(43(40,41)30-15-8-5-9-16-30)24-32(38)36(23-26-13-10-14-27(34)21-26)31(33(39)35-2)22-25-11-6-4-7-12-25/h4-21,31H,3,22-24H2,1-2H3,(H,35,39)/t31-/m0/s1. The Labute approximate surface area is 261 Å². The number of likely N-dealkylation sites (N-methyl/N-ethyl adjacent to an activating group) is 1. The van der Waals surface area contributed by atoms with Crippen LogP contribution in [-0.4, -0.2) is 51.4 Å². The van der Waals surface area contributed by atoms with E-state index in [0.29, 0.717) is 18.0 Å². The molecule has 0 unspecified atom stereocenters. The Morgan fingerprint density at radius 3 is 2.09 bits per heavy atom. The van der Waals surface area contributed by atoms with Gasteiger partial charge in [0.25, 0.3) is 10.0 Å². The highest BCUT2D eigenvalue weighted by Crippen LogP contribution is 2.27. The molecule has 2 amide bonds. The molecule has 0 spiro atoms. The van der Waals surface area contributed by atoms with Crippen LogP contribution in [0.2, 0.25) is 0 Å². The lowest BCUT2D eigenvalue weighted by Crippen LogP contribution is -2.53. The Bertz CT molecular complexity index is 1620. The summed E-state index contributed by atoms with van der Waals surface area (Å²) in [5, 5.41) is 2.69. The molecule has 0 saturated carbocycles. The first-order valence-electron chi connectivity index (χ1n) is 13.8. The van der Waals surface area contributed by atoms with Gasteiger partial charge in [0, 0.05) is 24.5 Å². The van der Waals surface area contributed by atoms with E-state index in [9.17, 15) is 18.0 Å². The molecule has 4 aromatic rings. The Hall–Kier alpha value is -4.15. The van der Waals surface area contributed by atoms with Gasteiger partial charge >= 0.3 is 0 Å². The fourth-order valence-electron chi connectivity index (χ4n) is 4.68. The van der Waals surface area contributed by atoms with Gasteiger partial charge in [-0.2, -0.15) is 0 Å². The average molecular weight is 665 g/mol. The van der Waals surface area contributed by atoms with Crippen LogP contribution >= 0.6 is 15.9 Å². The number of benzene rings is 4. The number of hydrogen-bond donors (Lipinski definition) is 1. The molecule has 0 heterocycles. The first-order valence-corrected chi connectivity index (χ1v) is 16.1. The minimum atomic E-state index is -4.16. The van der Waals surface area contributed by atoms with E-state index in [2.05, 4.69) is 21.2 Å². The molecule has 8 nitrogen and oxygen atoms in total. The van der Waals surface area contributed by atoms with Crippen LogP contribution in [0.4, 0.5) is 5.69 Å². The Morgan fingerprint density at radius 1 is 0.860 bits per heavy atom. The van der Waals surface area contributed by atoms with Crippen molar-refractivity contribution in [1.29, 1.82) is 0 Å². The highest BCUT2D eigenvalue weighted by Gasteiger charge is 2.34. The van der Waals surface area contributed by atoms with Crippen molar-refractivity contribution in [2.75, 3.05) is 24.5 Å². The van der Waals surface area contributed by atoms with E-state index in [1.165, 1.54) is 24.1 Å². The van der Waals surface area contributed by atoms with Crippen molar-refractivity contribution >= 4 is 43.5 Å². The van der Waals surface area contributed by atoms with Gasteiger partial charge in [-0.3, -0.25) is 13.9 Å². The summed E-state index contributed by atoms with van der Waals surface area (Å²) in [7, 11) is -2.64. The maximum atomic E-state index is 14.3. The molecule has 224 valence electrons. The Balaban J connectivity index is 1.77. The second-order valence-electron chi connectivity index (χ2n) is 9.72. The highest BCUT2D eigenvalue weighted by molar-refractivity contribution is 9.10. The minimum Gasteiger partial charge on any atom is -0.494 e. The summed E-state index contributed by atoms with van der Waals surface area (Å²) in [4.78, 5) is 29.1. The minimum absolute atomic E-state index is 0.0439. The third-order valence-corrected chi connectivity index (χ3v) is 9.09. The molecule has 43 heavy (non-hydrogen) atoms. The lowest BCUT2D eigenvalue weighted by Gasteiger charge is -2.33. The fourth-order valence-corrected chi connectivity index (χ4v) is 6.56. The quantitative estimate of drug-likeness (QED) is 0.206. The number of anilines is 1. The van der Waals surface area contributed by atoms with Crippen LogP contribution in [0.25, 0.3) is 0 Å². The van der Waals surface area contributed by atoms with Crippen LogP contribution in [0.3, 0.4) is 0 Å². The van der Waals surface area contributed by atoms with Gasteiger partial charge in [0.2, 0.25) is 11.8 Å². The first kappa shape index (κ1) is 31.8. The van der Waals surface area contributed by atoms with E-state index < -0.39 is 28.5 Å². The number of carbonyl (C=O) groups is 2. The predicted molar refractivity (Wildman–Crippen MR) is 171 cm³/mol. The number of nitrogens with one attached hydrogen (secondary N) is 1. The van der Waals surface area contributed by atoms with E-state index in [1.54, 1.807) is 42.5 Å². The molecule has 0 saturated heterocycles. The topological polar surface area (TPSA) is 96.0 Å². The maximum Gasteiger partial charge on any atom is 0.264 e. The molecule has 0 fully saturated rings. The zero-order valence-electron chi connectivity index (χ0n) is 24.0. The molecular formula is C33H34BrN3O5S. The zero-order valence-corrected chi connectivity index (χ0v) is 26.4. The van der Waals surface area contributed by atoms with Crippen LogP contribution in [0.1, 0.15) is 18.1 Å². The Morgan fingerprint density at radius 2 is 1.49 bits per heavy atom. The summed E-state index contributed by atoms with van der Waals surface area (Å²) in [5.74, 6) is -0.308. The highest BCUT2D eigenvalue weighted by atomic mass is 79.9. The largest absolute Gasteiger partial charge is 0.494 e. The van der Waals surface area contributed by atoms with Crippen LogP contribution in [0, 0.1) is 0 Å². The van der Waals surface area contributed by atoms with Crippen molar-refractivity contribution in [2.24, 2.45) is 0 Å². The van der Waals surface area contributed by atoms with Gasteiger partial charge in [-0.15, -0.1) is 0 Å². The average Bonchev–Trinajstić information content (AvgIpc) is 3.02. The SMILES string of the molecule is CCOc1ccc(N(CC(=O)N(Cc2cccc(Br)c2)[C@@H](Cc2ccccc2)C(=O)NC)S(=O)(=O)c2ccccc2)cc1. The Kier molecular flexibility index (Phi) is 11.0. The van der Waals surface area contributed by atoms with Gasteiger partial charge in [-0.25, -0.2) is 8.42 Å². The third kappa shape index (κ3) is 8.24. The van der Waals surface area contributed by atoms with Gasteiger partial charge in [0.1, 0.15) is 18.3 Å². The summed E-state index contributed by atoms with van der Waals surface area (Å²) in [6.07, 6.45) is 0.245. The summed E-state index contributed by atoms with van der Waals surface area (Å²) in [6.45, 7) is 1.88. The second-order valence-corrected chi connectivity index (χ2v) is 12.5. The lowest BCUT2D eigenvalue weighted by molar-refractivity contribution is -0.139. The van der Waals surface area contributed by atoms with Gasteiger partial charge in [0.15, 0.2) is 0 Å². The normalized spacial score (nSPS) is 11.8. The van der Waals surface area contributed by atoms with E-state index in [4.69, 9.17) is 4.74 Å². The molecule has 4 aromatic carbocycles. The molecule has 0 bridgehead atoms. The summed E-state index contributed by atoms with van der Waals surface area (Å²) in [5.41, 5.74) is 1.94. The molecule has 4 rings (SSSR count). The molecule has 0 aliphatic rings. The van der Waals surface area contributed by atoms with E-state index >= 15 is 0 Å². The number of ether oxygens (including phenoxy) is 1. The fraction of sp³-hybridized carbons (Fsp3) is 0.212. The molecular weight excluding hydrogens is 630 g/mol. The lowest BCUT2D eigenvalue weighted by atomic mass is 10.0. The maximum absolute atomic E-state index is 14.3. The number of amides is 2. The van der Waals surface area contributed by atoms with Crippen molar-refractivity contribution < 1.29 is 22.7 Å². The molecule has 0 aliphatic carbocycles. The van der Waals surface area contributed by atoms with Gasteiger partial charge in [-0.05, 0) is 66.6 Å². The number of carbonyl (C=O) groups excluding carboxylic acids is 2. The van der Waals surface area contributed by atoms with Crippen molar-refractivity contribution in [3.63, 3.8) is 0 Å². The molecule has 0 aliphatic heterocycles. The second kappa shape index (κ2) is 14.8. The van der Waals surface area contributed by atoms with Crippen LogP contribution in [0.15, 0.2) is 119 Å². The number of halogens is 1. The third-order valence-electron chi connectivity index (χ3n) is 6.81. The molecule has 10 heteroatoms. The monoisotopic (exact) mass is 663 g/mol. The summed E-state index contributed by atoms with van der Waals surface area (Å²) < 4.78 is 35.4. The van der Waals surface area contributed by atoms with E-state index in [1.807, 2.05) is 61.5 Å². The summed E-state index contributed by atoms with van der Waals surface area (Å²) in [6, 6.07) is 30.5. The van der Waals surface area contributed by atoms with E-state index in [-0.39, 0.29) is 23.8 Å². The molecule has 1 atom stereocenters. The van der Waals surface area contributed by atoms with Crippen molar-refractivity contribution in [3.05, 3.63) is 125 Å². The van der Waals surface area contributed by atoms with Gasteiger partial charge in [-0.1, -0.05) is 76.6 Å². The molecule has 0 aromatic heterocycles. The van der Waals surface area contributed by atoms with Crippen molar-refractivity contribution in [1.82, 2.24) is 10.2 Å². The number of nitrogens with zero attached hydrogens (tertiary/aromatic N) is 2. The van der Waals surface area contributed by atoms with Crippen molar-refractivity contribution in [3.8, 4) is 5.75 Å². The van der Waals surface area contributed by atoms with E-state index in [0.717, 1.165) is 19.9 Å². The summed E-state index contributed by atoms with van der Waals surface area (Å²) >= 11 is 3.48. The molecule has 1 N–H and O–H groups in total. The van der Waals surface area contributed by atoms with Crippen LogP contribution < -0.4 is 14.4 Å². The van der Waals surface area contributed by atoms with Crippen LogP contribution in [-0.2, 0) is 32.6 Å². The number of sulfonamides is 1. The number of hydrogen-bond acceptors (Lipinski definition) is 5. The van der Waals surface area contributed by atoms with Gasteiger partial charge < -0.3 is 15.0 Å².